The van der Waals surface area contributed by atoms with E-state index in [1.807, 2.05) is 0 Å². The van der Waals surface area contributed by atoms with Gasteiger partial charge in [0.2, 0.25) is 0 Å². The molecule has 1 rings (SSSR count). The van der Waals surface area contributed by atoms with Crippen molar-refractivity contribution in [2.24, 2.45) is 0 Å². The van der Waals surface area contributed by atoms with Crippen molar-refractivity contribution in [1.82, 2.24) is 5.32 Å². The first-order valence-electron chi connectivity index (χ1n) is 8.91. The smallest absolute Gasteiger partial charge is 0.0704 e. The average Bonchev–Trinajstić information content (AvgIpc) is 2.53. The van der Waals surface area contributed by atoms with Crippen molar-refractivity contribution in [3.8, 4) is 0 Å². The molecule has 0 spiro atoms. The summed E-state index contributed by atoms with van der Waals surface area (Å²) in [5.74, 6) is 0. The molecule has 0 atom stereocenters. The third kappa shape index (κ3) is 12.1. The molecule has 1 saturated heterocycles. The minimum Gasteiger partial charge on any atom is -0.379 e. The lowest BCUT2D eigenvalue weighted by Crippen LogP contribution is -2.33. The van der Waals surface area contributed by atoms with Crippen LogP contribution in [0.4, 0.5) is 0 Å². The molecule has 1 heterocycles. The predicted octanol–water partition coefficient (Wildman–Crippen LogP) is 3.15. The molecule has 4 nitrogen and oxygen atoms in total. The van der Waals surface area contributed by atoms with Crippen molar-refractivity contribution < 1.29 is 14.2 Å². The molecule has 126 valence electrons. The minimum atomic E-state index is 0.429. The molecule has 0 unspecified atom stereocenters. The summed E-state index contributed by atoms with van der Waals surface area (Å²) in [5, 5.41) is 3.34. The molecule has 4 heteroatoms. The molecule has 0 amide bonds. The lowest BCUT2D eigenvalue weighted by Gasteiger charge is -2.22. The highest BCUT2D eigenvalue weighted by Crippen LogP contribution is 2.06. The van der Waals surface area contributed by atoms with Gasteiger partial charge in [-0.05, 0) is 32.4 Å². The first-order valence-corrected chi connectivity index (χ1v) is 8.91. The molecule has 0 radical (unpaired) electrons. The normalized spacial score (nSPS) is 16.4. The number of hydrogen-bond donors (Lipinski definition) is 1. The second-order valence-electron chi connectivity index (χ2n) is 5.81. The zero-order valence-corrected chi connectivity index (χ0v) is 13.9. The van der Waals surface area contributed by atoms with Crippen LogP contribution in [0, 0.1) is 0 Å². The van der Waals surface area contributed by atoms with Gasteiger partial charge in [0, 0.05) is 6.61 Å². The molecule has 1 N–H and O–H groups in total. The number of piperidine rings is 1. The Kier molecular flexibility index (Phi) is 13.3. The second kappa shape index (κ2) is 14.8. The van der Waals surface area contributed by atoms with Gasteiger partial charge in [0.05, 0.1) is 32.5 Å². The lowest BCUT2D eigenvalue weighted by atomic mass is 10.1. The third-order valence-electron chi connectivity index (χ3n) is 3.88. The molecule has 0 aliphatic carbocycles. The predicted molar refractivity (Wildman–Crippen MR) is 86.9 cm³/mol. The van der Waals surface area contributed by atoms with Crippen LogP contribution in [0.3, 0.4) is 0 Å². The van der Waals surface area contributed by atoms with E-state index in [-0.39, 0.29) is 0 Å². The molecule has 21 heavy (non-hydrogen) atoms. The topological polar surface area (TPSA) is 39.7 Å². The van der Waals surface area contributed by atoms with E-state index >= 15 is 0 Å². The third-order valence-corrected chi connectivity index (χ3v) is 3.88. The number of hydrogen-bond acceptors (Lipinski definition) is 4. The van der Waals surface area contributed by atoms with E-state index < -0.39 is 0 Å². The van der Waals surface area contributed by atoms with E-state index in [1.165, 1.54) is 38.5 Å². The first-order chi connectivity index (χ1) is 10.4. The highest BCUT2D eigenvalue weighted by molar-refractivity contribution is 4.67. The molecule has 0 saturated carbocycles. The van der Waals surface area contributed by atoms with E-state index in [4.69, 9.17) is 14.2 Å². The maximum absolute atomic E-state index is 5.77. The fourth-order valence-corrected chi connectivity index (χ4v) is 2.54. The zero-order valence-electron chi connectivity index (χ0n) is 13.9. The minimum absolute atomic E-state index is 0.429. The van der Waals surface area contributed by atoms with Gasteiger partial charge >= 0.3 is 0 Å². The molecule has 1 aliphatic heterocycles. The van der Waals surface area contributed by atoms with Gasteiger partial charge in [-0.15, -0.1) is 0 Å². The second-order valence-corrected chi connectivity index (χ2v) is 5.81. The summed E-state index contributed by atoms with van der Waals surface area (Å²) in [7, 11) is 0. The van der Waals surface area contributed by atoms with Gasteiger partial charge in [-0.3, -0.25) is 0 Å². The van der Waals surface area contributed by atoms with Crippen molar-refractivity contribution in [3.05, 3.63) is 0 Å². The summed E-state index contributed by atoms with van der Waals surface area (Å²) in [6.45, 7) is 8.08. The Morgan fingerprint density at radius 3 is 2.14 bits per heavy atom. The summed E-state index contributed by atoms with van der Waals surface area (Å²) < 4.78 is 16.9. The summed E-state index contributed by atoms with van der Waals surface area (Å²) in [5.41, 5.74) is 0. The number of rotatable bonds is 14. The van der Waals surface area contributed by atoms with Crippen LogP contribution in [0.25, 0.3) is 0 Å². The largest absolute Gasteiger partial charge is 0.379 e. The summed E-state index contributed by atoms with van der Waals surface area (Å²) in [6.07, 6.45) is 10.6. The van der Waals surface area contributed by atoms with Crippen LogP contribution in [-0.2, 0) is 14.2 Å². The van der Waals surface area contributed by atoms with Gasteiger partial charge in [-0.2, -0.15) is 0 Å². The number of unbranched alkanes of at least 4 members (excludes halogenated alkanes) is 5. The molecule has 1 fully saturated rings. The maximum atomic E-state index is 5.77. The van der Waals surface area contributed by atoms with E-state index in [2.05, 4.69) is 12.2 Å². The maximum Gasteiger partial charge on any atom is 0.0704 e. The van der Waals surface area contributed by atoms with Crippen molar-refractivity contribution in [1.29, 1.82) is 0 Å². The summed E-state index contributed by atoms with van der Waals surface area (Å²) >= 11 is 0. The van der Waals surface area contributed by atoms with Gasteiger partial charge in [-0.1, -0.05) is 39.0 Å². The van der Waals surface area contributed by atoms with Gasteiger partial charge in [0.1, 0.15) is 0 Å². The SMILES string of the molecule is CCCCCCCCOCCOCCOC1CCNCC1. The van der Waals surface area contributed by atoms with Crippen molar-refractivity contribution in [2.75, 3.05) is 46.1 Å². The van der Waals surface area contributed by atoms with E-state index in [0.29, 0.717) is 32.5 Å². The lowest BCUT2D eigenvalue weighted by molar-refractivity contribution is -0.0199. The highest BCUT2D eigenvalue weighted by Gasteiger charge is 2.12. The molecular formula is C17H35NO3. The zero-order chi connectivity index (χ0) is 15.0. The molecule has 0 aromatic carbocycles. The summed E-state index contributed by atoms with van der Waals surface area (Å²) in [6, 6.07) is 0. The number of nitrogens with one attached hydrogen (secondary N) is 1. The molecule has 0 aromatic heterocycles. The molecule has 1 aliphatic rings. The van der Waals surface area contributed by atoms with Gasteiger partial charge < -0.3 is 19.5 Å². The van der Waals surface area contributed by atoms with Gasteiger partial charge in [-0.25, -0.2) is 0 Å². The standard InChI is InChI=1S/C17H35NO3/c1-2-3-4-5-6-7-12-19-13-14-20-15-16-21-17-8-10-18-11-9-17/h17-18H,2-16H2,1H3. The van der Waals surface area contributed by atoms with Crippen LogP contribution < -0.4 is 5.32 Å². The Morgan fingerprint density at radius 2 is 1.38 bits per heavy atom. The Bertz CT molecular complexity index is 208. The van der Waals surface area contributed by atoms with Crippen molar-refractivity contribution >= 4 is 0 Å². The molecule has 0 bridgehead atoms. The quantitative estimate of drug-likeness (QED) is 0.500. The van der Waals surface area contributed by atoms with Gasteiger partial charge in [0.15, 0.2) is 0 Å². The van der Waals surface area contributed by atoms with Crippen molar-refractivity contribution in [3.63, 3.8) is 0 Å². The van der Waals surface area contributed by atoms with E-state index in [1.54, 1.807) is 0 Å². The summed E-state index contributed by atoms with van der Waals surface area (Å²) in [4.78, 5) is 0. The van der Waals surface area contributed by atoms with E-state index in [9.17, 15) is 0 Å². The van der Waals surface area contributed by atoms with Crippen LogP contribution in [0.5, 0.6) is 0 Å². The van der Waals surface area contributed by atoms with Crippen LogP contribution in [0.1, 0.15) is 58.3 Å². The first kappa shape index (κ1) is 18.9. The monoisotopic (exact) mass is 301 g/mol. The van der Waals surface area contributed by atoms with Gasteiger partial charge in [0.25, 0.3) is 0 Å². The van der Waals surface area contributed by atoms with Crippen LogP contribution in [0.15, 0.2) is 0 Å². The van der Waals surface area contributed by atoms with Crippen LogP contribution in [0.2, 0.25) is 0 Å². The van der Waals surface area contributed by atoms with Crippen molar-refractivity contribution in [2.45, 2.75) is 64.4 Å². The van der Waals surface area contributed by atoms with E-state index in [0.717, 1.165) is 32.5 Å². The van der Waals surface area contributed by atoms with Crippen LogP contribution >= 0.6 is 0 Å². The average molecular weight is 301 g/mol. The Labute approximate surface area is 130 Å². The fourth-order valence-electron chi connectivity index (χ4n) is 2.54. The Hall–Kier alpha value is -0.160. The fraction of sp³-hybridized carbons (Fsp3) is 1.00. The molecular weight excluding hydrogens is 266 g/mol. The Morgan fingerprint density at radius 1 is 0.762 bits per heavy atom. The molecule has 0 aromatic rings. The number of ether oxygens (including phenoxy) is 3. The Balaban J connectivity index is 1.69. The highest BCUT2D eigenvalue weighted by atomic mass is 16.5. The van der Waals surface area contributed by atoms with Crippen LogP contribution in [-0.4, -0.2) is 52.2 Å².